The Hall–Kier alpha value is -5.22. The number of pyridine rings is 5. The van der Waals surface area contributed by atoms with Crippen molar-refractivity contribution in [1.29, 1.82) is 0 Å². The van der Waals surface area contributed by atoms with Crippen molar-refractivity contribution in [2.45, 2.75) is 266 Å². The molecule has 104 heavy (non-hydrogen) atoms. The highest BCUT2D eigenvalue weighted by Gasteiger charge is 2.50. The second-order valence-electron chi connectivity index (χ2n) is 32.1. The topological polar surface area (TPSA) is 204 Å². The molecule has 0 fully saturated rings. The van der Waals surface area contributed by atoms with Crippen molar-refractivity contribution in [1.82, 2.24) is 57.0 Å². The highest BCUT2D eigenvalue weighted by Crippen LogP contribution is 2.49. The minimum Gasteiger partial charge on any atom is -0.389 e. The minimum atomic E-state index is -1.89. The van der Waals surface area contributed by atoms with Gasteiger partial charge in [0.1, 0.15) is 22.6 Å². The number of nitrogens with two attached hydrogens (primary N) is 1. The van der Waals surface area contributed by atoms with Crippen molar-refractivity contribution in [2.24, 2.45) is 10.9 Å². The SMILES string of the molecule is C/C(=N\N)c1c(Cl)cnc2c1ccn2[Si](C(C)C)(C(C)C)C(C)C.CC(=O)c1c(Cl)cnc2c1ccn2[Si](C(C)C)(C(C)C)C(C)C.CC(C)[Si](C(C)C)(C(C)C)n1ccc2c(I)c(Cl)cnc21.CC(O)c1c(Cl)cnc2c1ccn2[Si](C(C)C)(C(C)C)C(C)C.Cc1[nH][nH]c2cnc3nccc3c12. The van der Waals surface area contributed by atoms with Crippen molar-refractivity contribution >= 4 is 180 Å². The van der Waals surface area contributed by atoms with E-state index < -0.39 is 39.0 Å². The summed E-state index contributed by atoms with van der Waals surface area (Å²) in [6.07, 6.45) is 18.6. The Morgan fingerprint density at radius 1 is 0.442 bits per heavy atom. The van der Waals surface area contributed by atoms with Gasteiger partial charge in [-0.25, -0.2) is 29.9 Å². The third-order valence-electron chi connectivity index (χ3n) is 23.0. The molecule has 0 aliphatic heterocycles. The second kappa shape index (κ2) is 34.6. The molecule has 0 saturated carbocycles. The van der Waals surface area contributed by atoms with Gasteiger partial charge in [-0.1, -0.05) is 213 Å². The fraction of sp³-hybridized carbons (Fsp3) is 0.519. The van der Waals surface area contributed by atoms with Crippen LogP contribution in [0.1, 0.15) is 220 Å². The summed E-state index contributed by atoms with van der Waals surface area (Å²) in [7, 11) is -7.36. The lowest BCUT2D eigenvalue weighted by molar-refractivity contribution is 0.101. The molecule has 5 N–H and O–H groups in total. The van der Waals surface area contributed by atoms with Crippen LogP contribution in [0.25, 0.3) is 66.1 Å². The molecule has 11 rings (SSSR count). The number of carbonyl (C=O) groups is 1. The lowest BCUT2D eigenvalue weighted by Crippen LogP contribution is -2.51. The highest BCUT2D eigenvalue weighted by atomic mass is 127. The molecule has 0 saturated heterocycles. The molecule has 0 aliphatic rings. The number of ketones is 1. The Morgan fingerprint density at radius 2 is 0.769 bits per heavy atom. The van der Waals surface area contributed by atoms with Crippen LogP contribution in [0.5, 0.6) is 0 Å². The number of nitrogens with zero attached hydrogens (tertiary/aromatic N) is 11. The number of aliphatic hydroxyl groups excluding tert-OH is 1. The third kappa shape index (κ3) is 15.3. The van der Waals surface area contributed by atoms with Gasteiger partial charge in [-0.3, -0.25) is 9.89 Å². The van der Waals surface area contributed by atoms with E-state index >= 15 is 0 Å². The smallest absolute Gasteiger partial charge is 0.171 e. The standard InChI is InChI=1S/C18H29ClN4Si.C18H29ClN2OSi.C18H27ClN2OSi.C16H24ClIN2Si.C9H8N4/c1-11(2)24(12(3)4,13(5)6)23-9-8-15-17(14(7)22-20)16(19)10-21-18(15)23;2*1-11(2)23(12(3)4,13(5)6)21-9-8-15-17(14(7)22)16(19)10-20-18(15)21;1-10(2)21(11(3)4,12(5)6)20-8-7-13-15(18)14(17)9-19-16(13)20;1-5-8-6-2-3-10-9(6)11-4-7(8)13-12-5/h8-13H,20H2,1-7H3;8-14,22H,1-7H3;8-13H,1-7H3;7-12H,1-6H3;2-4,12-13H,1H3/b22-14+;;;;. The Labute approximate surface area is 656 Å². The summed E-state index contributed by atoms with van der Waals surface area (Å²) in [4.78, 5) is 39.0. The first-order valence-electron chi connectivity index (χ1n) is 37.1. The van der Waals surface area contributed by atoms with Crippen molar-refractivity contribution in [3.8, 4) is 0 Å². The number of carbonyl (C=O) groups excluding carboxylic acids is 1. The molecule has 25 heteroatoms. The summed E-state index contributed by atoms with van der Waals surface area (Å²) in [6, 6.07) is 10.4. The number of hydrazone groups is 1. The molecule has 11 heterocycles. The van der Waals surface area contributed by atoms with E-state index in [2.05, 4.69) is 289 Å². The van der Waals surface area contributed by atoms with Crippen LogP contribution in [-0.4, -0.2) is 107 Å². The quantitative estimate of drug-likeness (QED) is 0.0152. The molecular formula is C79H117Cl4IN14O2Si4. The lowest BCUT2D eigenvalue weighted by Gasteiger charge is -2.44. The molecule has 0 aromatic carbocycles. The average molecular weight is 1680 g/mol. The number of aromatic amines is 2. The van der Waals surface area contributed by atoms with Crippen LogP contribution in [0.2, 0.25) is 86.6 Å². The predicted molar refractivity (Wildman–Crippen MR) is 465 cm³/mol. The van der Waals surface area contributed by atoms with Crippen LogP contribution in [0, 0.1) is 10.5 Å². The monoisotopic (exact) mass is 1670 g/mol. The van der Waals surface area contributed by atoms with Crippen molar-refractivity contribution in [2.75, 3.05) is 0 Å². The Morgan fingerprint density at radius 3 is 1.13 bits per heavy atom. The van der Waals surface area contributed by atoms with E-state index in [0.717, 1.165) is 86.4 Å². The summed E-state index contributed by atoms with van der Waals surface area (Å²) >= 11 is 27.5. The predicted octanol–water partition coefficient (Wildman–Crippen LogP) is 25.1. The summed E-state index contributed by atoms with van der Waals surface area (Å²) in [5, 5.41) is 28.8. The molecule has 1 unspecified atom stereocenters. The number of hydrogen-bond acceptors (Lipinski definition) is 10. The van der Waals surface area contributed by atoms with E-state index in [-0.39, 0.29) is 5.78 Å². The summed E-state index contributed by atoms with van der Waals surface area (Å²) in [5.41, 5.74) is 17.1. The molecule has 11 aromatic rings. The van der Waals surface area contributed by atoms with Gasteiger partial charge in [0.25, 0.3) is 0 Å². The summed E-state index contributed by atoms with van der Waals surface area (Å²) < 4.78 is 11.0. The number of hydrogen-bond donors (Lipinski definition) is 4. The molecule has 0 bridgehead atoms. The van der Waals surface area contributed by atoms with Crippen LogP contribution >= 0.6 is 69.0 Å². The number of aryl methyl sites for hydroxylation is 1. The molecule has 0 spiro atoms. The number of nitrogens with one attached hydrogen (secondary N) is 2. The Kier molecular flexibility index (Phi) is 28.6. The largest absolute Gasteiger partial charge is 0.389 e. The van der Waals surface area contributed by atoms with E-state index in [1.165, 1.54) is 10.8 Å². The third-order valence-corrected chi connectivity index (χ3v) is 52.7. The molecule has 566 valence electrons. The minimum absolute atomic E-state index is 0.00828. The van der Waals surface area contributed by atoms with E-state index in [1.54, 1.807) is 51.0 Å². The molecule has 0 amide bonds. The maximum atomic E-state index is 12.0. The summed E-state index contributed by atoms with van der Waals surface area (Å²) in [6.45, 7) is 63.5. The van der Waals surface area contributed by atoms with Crippen molar-refractivity contribution < 1.29 is 9.90 Å². The number of H-pyrrole nitrogens is 2. The van der Waals surface area contributed by atoms with Crippen LogP contribution in [-0.2, 0) is 0 Å². The van der Waals surface area contributed by atoms with E-state index in [1.807, 2.05) is 26.0 Å². The van der Waals surface area contributed by atoms with Gasteiger partial charge in [0.15, 0.2) is 44.4 Å². The maximum Gasteiger partial charge on any atom is 0.171 e. The Bertz CT molecular complexity index is 4720. The Balaban J connectivity index is 0.000000184. The molecule has 11 aromatic heterocycles. The van der Waals surface area contributed by atoms with Crippen LogP contribution in [0.3, 0.4) is 0 Å². The second-order valence-corrected chi connectivity index (χ2v) is 57.6. The number of aliphatic hydroxyl groups is 1. The van der Waals surface area contributed by atoms with Gasteiger partial charge in [-0.05, 0) is 172 Å². The zero-order valence-electron chi connectivity index (χ0n) is 66.9. The molecule has 0 radical (unpaired) electrons. The number of fused-ring (bicyclic) bond motifs is 7. The summed E-state index contributed by atoms with van der Waals surface area (Å²) in [5.74, 6) is 5.50. The zero-order chi connectivity index (χ0) is 78.1. The number of aromatic nitrogens is 12. The van der Waals surface area contributed by atoms with Crippen molar-refractivity contribution in [3.05, 3.63) is 138 Å². The fourth-order valence-electron chi connectivity index (χ4n) is 19.7. The molecule has 0 aliphatic carbocycles. The van der Waals surface area contributed by atoms with Gasteiger partial charge in [-0.2, -0.15) is 5.10 Å². The molecule has 16 nitrogen and oxygen atoms in total. The number of rotatable bonds is 19. The molecular weight excluding hydrogens is 1560 g/mol. The number of halogens is 5. The highest BCUT2D eigenvalue weighted by molar-refractivity contribution is 14.1. The first-order valence-corrected chi connectivity index (χ1v) is 48.4. The van der Waals surface area contributed by atoms with Gasteiger partial charge >= 0.3 is 0 Å². The van der Waals surface area contributed by atoms with Crippen LogP contribution in [0.15, 0.2) is 97.4 Å². The van der Waals surface area contributed by atoms with Gasteiger partial charge in [0, 0.05) is 89.3 Å². The van der Waals surface area contributed by atoms with E-state index in [4.69, 9.17) is 57.2 Å². The first kappa shape index (κ1) is 86.0. The fourth-order valence-corrected chi connectivity index (χ4v) is 47.5. The van der Waals surface area contributed by atoms with E-state index in [0.29, 0.717) is 87.1 Å². The van der Waals surface area contributed by atoms with Gasteiger partial charge in [0.2, 0.25) is 0 Å². The normalized spacial score (nSPS) is 13.3. The zero-order valence-corrected chi connectivity index (χ0v) is 76.1. The number of Topliss-reactive ketones (excluding diaryl/α,β-unsaturated/α-hetero) is 1. The van der Waals surface area contributed by atoms with Crippen LogP contribution in [0.4, 0.5) is 0 Å². The van der Waals surface area contributed by atoms with Gasteiger partial charge in [0.05, 0.1) is 43.6 Å². The van der Waals surface area contributed by atoms with Gasteiger partial charge in [-0.15, -0.1) is 0 Å². The van der Waals surface area contributed by atoms with Crippen molar-refractivity contribution in [3.63, 3.8) is 0 Å². The van der Waals surface area contributed by atoms with Gasteiger partial charge < -0.3 is 33.0 Å². The van der Waals surface area contributed by atoms with Crippen LogP contribution < -0.4 is 5.84 Å². The lowest BCUT2D eigenvalue weighted by atomic mass is 10.1. The molecule has 1 atom stereocenters. The average Bonchev–Trinajstić information content (AvgIpc) is 1.53. The van der Waals surface area contributed by atoms with E-state index in [9.17, 15) is 9.90 Å². The maximum absolute atomic E-state index is 12.0. The first-order chi connectivity index (χ1) is 48.6.